The third-order valence-corrected chi connectivity index (χ3v) is 0.538. The van der Waals surface area contributed by atoms with E-state index in [-0.39, 0.29) is 0 Å². The van der Waals surface area contributed by atoms with Crippen LogP contribution in [0, 0.1) is 5.92 Å². The van der Waals surface area contributed by atoms with Crippen molar-refractivity contribution in [3.63, 3.8) is 0 Å². The highest BCUT2D eigenvalue weighted by atomic mass is 14.7. The van der Waals surface area contributed by atoms with Gasteiger partial charge in [-0.1, -0.05) is 40.7 Å². The second-order valence-electron chi connectivity index (χ2n) is 2.67. The second kappa shape index (κ2) is 12.1. The van der Waals surface area contributed by atoms with Crippen LogP contribution in [0.15, 0.2) is 17.1 Å². The van der Waals surface area contributed by atoms with Crippen LogP contribution in [0.5, 0.6) is 0 Å². The van der Waals surface area contributed by atoms with E-state index in [0.717, 1.165) is 12.5 Å². The van der Waals surface area contributed by atoms with Gasteiger partial charge in [0.25, 0.3) is 0 Å². The first-order valence-corrected chi connectivity index (χ1v) is 4.38. The minimum Gasteiger partial charge on any atom is -0.289 e. The Morgan fingerprint density at radius 2 is 1.64 bits per heavy atom. The summed E-state index contributed by atoms with van der Waals surface area (Å²) in [5, 5.41) is 0. The maximum Gasteiger partial charge on any atom is 0.0573 e. The molecule has 1 aliphatic heterocycles. The highest BCUT2D eigenvalue weighted by Gasteiger charge is 1.72. The molecule has 11 heavy (non-hydrogen) atoms. The van der Waals surface area contributed by atoms with Crippen LogP contribution >= 0.6 is 0 Å². The molecule has 1 heterocycles. The summed E-state index contributed by atoms with van der Waals surface area (Å²) in [5.41, 5.74) is 0. The number of hydrogen-bond donors (Lipinski definition) is 0. The molecule has 66 valence electrons. The molecule has 0 amide bonds. The summed E-state index contributed by atoms with van der Waals surface area (Å²) in [5.74, 6) is 0.833. The molecule has 0 fully saturated rings. The van der Waals surface area contributed by atoms with E-state index in [2.05, 4.69) is 25.8 Å². The monoisotopic (exact) mass is 155 g/mol. The van der Waals surface area contributed by atoms with Crippen molar-refractivity contribution >= 4 is 6.21 Å². The van der Waals surface area contributed by atoms with Gasteiger partial charge < -0.3 is 0 Å². The summed E-state index contributed by atoms with van der Waals surface area (Å²) in [4.78, 5) is 3.85. The molecule has 0 unspecified atom stereocenters. The molecule has 1 nitrogen and oxygen atoms in total. The molecule has 0 spiro atoms. The molecule has 0 radical (unpaired) electrons. The lowest BCUT2D eigenvalue weighted by Gasteiger charge is -1.79. The van der Waals surface area contributed by atoms with Crippen LogP contribution in [0.1, 0.15) is 34.6 Å². The second-order valence-corrected chi connectivity index (χ2v) is 2.67. The SMILES string of the molecule is C1=CCN=C1.CC.CC(C)C. The highest BCUT2D eigenvalue weighted by molar-refractivity contribution is 5.73. The summed E-state index contributed by atoms with van der Waals surface area (Å²) >= 11 is 0. The van der Waals surface area contributed by atoms with Crippen LogP contribution in [0.2, 0.25) is 0 Å². The van der Waals surface area contributed by atoms with E-state index in [1.54, 1.807) is 6.21 Å². The smallest absolute Gasteiger partial charge is 0.0573 e. The normalized spacial score (nSPS) is 11.8. The van der Waals surface area contributed by atoms with Crippen LogP contribution in [0.4, 0.5) is 0 Å². The fourth-order valence-corrected chi connectivity index (χ4v) is 0.304. The Balaban J connectivity index is 0. The molecule has 1 heteroatoms. The van der Waals surface area contributed by atoms with Gasteiger partial charge in [0.2, 0.25) is 0 Å². The summed E-state index contributed by atoms with van der Waals surface area (Å²) in [6.45, 7) is 11.4. The number of nitrogens with zero attached hydrogens (tertiary/aromatic N) is 1. The summed E-state index contributed by atoms with van der Waals surface area (Å²) in [6, 6.07) is 0. The molecule has 0 N–H and O–H groups in total. The predicted octanol–water partition coefficient (Wildman–Crippen LogP) is 3.32. The fourth-order valence-electron chi connectivity index (χ4n) is 0.304. The van der Waals surface area contributed by atoms with Gasteiger partial charge >= 0.3 is 0 Å². The van der Waals surface area contributed by atoms with Crippen LogP contribution in [-0.2, 0) is 0 Å². The van der Waals surface area contributed by atoms with Gasteiger partial charge in [-0.25, -0.2) is 0 Å². The molecule has 1 aliphatic rings. The number of allylic oxidation sites excluding steroid dienone is 1. The van der Waals surface area contributed by atoms with Gasteiger partial charge in [0, 0.05) is 6.21 Å². The zero-order valence-corrected chi connectivity index (χ0v) is 8.46. The Labute approximate surface area is 71.2 Å². The average Bonchev–Trinajstić information content (AvgIpc) is 2.44. The van der Waals surface area contributed by atoms with Crippen molar-refractivity contribution < 1.29 is 0 Å². The molecule has 0 aromatic heterocycles. The van der Waals surface area contributed by atoms with Crippen molar-refractivity contribution in [3.05, 3.63) is 12.2 Å². The topological polar surface area (TPSA) is 12.4 Å². The Morgan fingerprint density at radius 1 is 1.18 bits per heavy atom. The molecule has 0 bridgehead atoms. The summed E-state index contributed by atoms with van der Waals surface area (Å²) in [7, 11) is 0. The van der Waals surface area contributed by atoms with Gasteiger partial charge in [0.15, 0.2) is 0 Å². The van der Waals surface area contributed by atoms with Crippen molar-refractivity contribution in [2.75, 3.05) is 6.54 Å². The molecule has 0 aromatic carbocycles. The van der Waals surface area contributed by atoms with E-state index in [1.807, 2.05) is 26.0 Å². The quantitative estimate of drug-likeness (QED) is 0.509. The van der Waals surface area contributed by atoms with E-state index in [1.165, 1.54) is 0 Å². The van der Waals surface area contributed by atoms with Gasteiger partial charge in [-0.15, -0.1) is 0 Å². The zero-order valence-electron chi connectivity index (χ0n) is 8.46. The van der Waals surface area contributed by atoms with Crippen molar-refractivity contribution in [3.8, 4) is 0 Å². The summed E-state index contributed by atoms with van der Waals surface area (Å²) in [6.07, 6.45) is 5.76. The third-order valence-electron chi connectivity index (χ3n) is 0.538. The van der Waals surface area contributed by atoms with Crippen molar-refractivity contribution in [1.29, 1.82) is 0 Å². The highest BCUT2D eigenvalue weighted by Crippen LogP contribution is 1.81. The van der Waals surface area contributed by atoms with Crippen LogP contribution < -0.4 is 0 Å². The standard InChI is InChI=1S/C4H5N.C4H10.C2H6/c1-2-4-5-3-1;1-4(2)3;1-2/h1-3H,4H2;4H,1-3H3;1-2H3. The summed E-state index contributed by atoms with van der Waals surface area (Å²) < 4.78 is 0. The molecule has 0 saturated heterocycles. The average molecular weight is 155 g/mol. The molecule has 0 aliphatic carbocycles. The van der Waals surface area contributed by atoms with E-state index in [0.29, 0.717) is 0 Å². The Morgan fingerprint density at radius 3 is 1.73 bits per heavy atom. The lowest BCUT2D eigenvalue weighted by molar-refractivity contribution is 0.737. The third kappa shape index (κ3) is 26.6. The lowest BCUT2D eigenvalue weighted by Crippen LogP contribution is -1.66. The maximum atomic E-state index is 3.85. The van der Waals surface area contributed by atoms with E-state index < -0.39 is 0 Å². The first-order valence-electron chi connectivity index (χ1n) is 4.38. The van der Waals surface area contributed by atoms with Gasteiger partial charge in [-0.05, 0) is 12.0 Å². The zero-order chi connectivity index (χ0) is 9.11. The predicted molar refractivity (Wildman–Crippen MR) is 54.4 cm³/mol. The maximum absolute atomic E-state index is 3.85. The van der Waals surface area contributed by atoms with Gasteiger partial charge in [0.1, 0.15) is 0 Å². The van der Waals surface area contributed by atoms with Crippen LogP contribution in [0.3, 0.4) is 0 Å². The van der Waals surface area contributed by atoms with E-state index >= 15 is 0 Å². The van der Waals surface area contributed by atoms with Crippen LogP contribution in [0.25, 0.3) is 0 Å². The Kier molecular flexibility index (Phi) is 14.4. The Hall–Kier alpha value is -0.590. The molecule has 1 rings (SSSR count). The van der Waals surface area contributed by atoms with Crippen molar-refractivity contribution in [1.82, 2.24) is 0 Å². The number of hydrogen-bond acceptors (Lipinski definition) is 1. The minimum absolute atomic E-state index is 0.833. The molecular weight excluding hydrogens is 134 g/mol. The molecule has 0 atom stereocenters. The van der Waals surface area contributed by atoms with E-state index in [4.69, 9.17) is 0 Å². The lowest BCUT2D eigenvalue weighted by atomic mass is 10.3. The van der Waals surface area contributed by atoms with Gasteiger partial charge in [0.05, 0.1) is 6.54 Å². The molecule has 0 saturated carbocycles. The van der Waals surface area contributed by atoms with Crippen molar-refractivity contribution in [2.24, 2.45) is 10.9 Å². The first-order chi connectivity index (χ1) is 5.23. The minimum atomic E-state index is 0.833. The van der Waals surface area contributed by atoms with Crippen LogP contribution in [-0.4, -0.2) is 12.8 Å². The molecular formula is C10H21N. The van der Waals surface area contributed by atoms with Gasteiger partial charge in [-0.3, -0.25) is 4.99 Å². The largest absolute Gasteiger partial charge is 0.289 e. The van der Waals surface area contributed by atoms with E-state index in [9.17, 15) is 0 Å². The fraction of sp³-hybridized carbons (Fsp3) is 0.700. The molecule has 0 aromatic rings. The number of aliphatic imine (C=N–C) groups is 1. The number of rotatable bonds is 0. The van der Waals surface area contributed by atoms with Gasteiger partial charge in [-0.2, -0.15) is 0 Å². The Bertz CT molecular complexity index is 88.7. The van der Waals surface area contributed by atoms with Crippen molar-refractivity contribution in [2.45, 2.75) is 34.6 Å². The first kappa shape index (κ1) is 13.0.